The van der Waals surface area contributed by atoms with Gasteiger partial charge in [0.25, 0.3) is 0 Å². The second-order valence-electron chi connectivity index (χ2n) is 10.0. The van der Waals surface area contributed by atoms with E-state index < -0.39 is 41.8 Å². The van der Waals surface area contributed by atoms with E-state index in [4.69, 9.17) is 30.0 Å². The van der Waals surface area contributed by atoms with E-state index in [-0.39, 0.29) is 17.9 Å². The van der Waals surface area contributed by atoms with Gasteiger partial charge in [0.1, 0.15) is 11.9 Å². The minimum atomic E-state index is -2.74. The third-order valence-corrected chi connectivity index (χ3v) is 6.86. The average Bonchev–Trinajstić information content (AvgIpc) is 3.33. The van der Waals surface area contributed by atoms with E-state index in [2.05, 4.69) is 17.0 Å². The Morgan fingerprint density at radius 3 is 2.25 bits per heavy atom. The van der Waals surface area contributed by atoms with Gasteiger partial charge in [-0.2, -0.15) is 0 Å². The van der Waals surface area contributed by atoms with Crippen LogP contribution in [0.4, 0.5) is 4.39 Å². The van der Waals surface area contributed by atoms with E-state index in [9.17, 15) is 23.6 Å². The van der Waals surface area contributed by atoms with E-state index in [1.165, 1.54) is 12.1 Å². The number of rotatable bonds is 12. The van der Waals surface area contributed by atoms with E-state index in [1.807, 2.05) is 13.0 Å². The standard InChI is InChI=1S/C21H29FN2O3.C6H8O7/c1-3-10-24-11-8-21(9-12-24,20(25)26-4-2)15-18-14-19(23-27-18)16-6-5-7-17(22)13-16;7-3(8)1-6(13,5(11)12)2-4(9)10/h5-7,13,18H,3-4,8-12,14-15H2,1-2H3;13H,1-2H2,(H,7,8)(H,9,10)(H,11,12). The normalized spacial score (nSPS) is 18.5. The van der Waals surface area contributed by atoms with Gasteiger partial charge in [-0.15, -0.1) is 0 Å². The minimum absolute atomic E-state index is 0.121. The van der Waals surface area contributed by atoms with Crippen molar-refractivity contribution in [3.8, 4) is 0 Å². The van der Waals surface area contributed by atoms with Crippen molar-refractivity contribution >= 4 is 29.6 Å². The summed E-state index contributed by atoms with van der Waals surface area (Å²) in [6, 6.07) is 6.38. The van der Waals surface area contributed by atoms with Crippen molar-refractivity contribution in [3.63, 3.8) is 0 Å². The Morgan fingerprint density at radius 1 is 1.12 bits per heavy atom. The van der Waals surface area contributed by atoms with E-state index in [0.717, 1.165) is 50.2 Å². The Morgan fingerprint density at radius 2 is 1.75 bits per heavy atom. The molecule has 0 spiro atoms. The zero-order valence-electron chi connectivity index (χ0n) is 22.7. The van der Waals surface area contributed by atoms with Gasteiger partial charge >= 0.3 is 23.9 Å². The third-order valence-electron chi connectivity index (χ3n) is 6.86. The number of carboxylic acids is 3. The number of ether oxygens (including phenoxy) is 1. The maximum Gasteiger partial charge on any atom is 0.336 e. The number of oxime groups is 1. The Kier molecular flexibility index (Phi) is 12.0. The van der Waals surface area contributed by atoms with Gasteiger partial charge in [0.15, 0.2) is 5.60 Å². The van der Waals surface area contributed by atoms with Crippen molar-refractivity contribution in [3.05, 3.63) is 35.6 Å². The van der Waals surface area contributed by atoms with Crippen LogP contribution in [0.3, 0.4) is 0 Å². The molecule has 1 unspecified atom stereocenters. The van der Waals surface area contributed by atoms with Crippen LogP contribution in [0.1, 0.15) is 64.4 Å². The first-order chi connectivity index (χ1) is 18.8. The van der Waals surface area contributed by atoms with Gasteiger partial charge < -0.3 is 34.9 Å². The van der Waals surface area contributed by atoms with Crippen LogP contribution in [0.25, 0.3) is 0 Å². The van der Waals surface area contributed by atoms with Crippen molar-refractivity contribution in [2.75, 3.05) is 26.2 Å². The summed E-state index contributed by atoms with van der Waals surface area (Å²) in [4.78, 5) is 51.3. The molecule has 0 amide bonds. The molecule has 4 N–H and O–H groups in total. The molecule has 0 aliphatic carbocycles. The predicted molar refractivity (Wildman–Crippen MR) is 139 cm³/mol. The molecule has 40 heavy (non-hydrogen) atoms. The molecular weight excluding hydrogens is 531 g/mol. The molecule has 3 rings (SSSR count). The summed E-state index contributed by atoms with van der Waals surface area (Å²) in [5, 5.41) is 38.0. The number of piperidine rings is 1. The Labute approximate surface area is 231 Å². The van der Waals surface area contributed by atoms with E-state index in [0.29, 0.717) is 19.4 Å². The lowest BCUT2D eigenvalue weighted by molar-refractivity contribution is -0.170. The van der Waals surface area contributed by atoms with Gasteiger partial charge in [-0.05, 0) is 58.0 Å². The topological polar surface area (TPSA) is 183 Å². The number of hydrogen-bond donors (Lipinski definition) is 4. The number of nitrogens with zero attached hydrogens (tertiary/aromatic N) is 2. The number of esters is 1. The molecule has 2 aliphatic rings. The highest BCUT2D eigenvalue weighted by molar-refractivity contribution is 6.01. The highest BCUT2D eigenvalue weighted by Gasteiger charge is 2.46. The van der Waals surface area contributed by atoms with Gasteiger partial charge in [-0.3, -0.25) is 14.4 Å². The highest BCUT2D eigenvalue weighted by Crippen LogP contribution is 2.40. The molecule has 2 heterocycles. The lowest BCUT2D eigenvalue weighted by Gasteiger charge is -2.40. The molecule has 1 aromatic carbocycles. The molecule has 1 atom stereocenters. The summed E-state index contributed by atoms with van der Waals surface area (Å²) in [6.07, 6.45) is 1.39. The molecular formula is C27H37FN2O10. The number of aliphatic carboxylic acids is 3. The van der Waals surface area contributed by atoms with Crippen LogP contribution in [0.15, 0.2) is 29.4 Å². The largest absolute Gasteiger partial charge is 0.481 e. The van der Waals surface area contributed by atoms with Gasteiger partial charge in [-0.25, -0.2) is 9.18 Å². The summed E-state index contributed by atoms with van der Waals surface area (Å²) in [5.74, 6) is -5.43. The van der Waals surface area contributed by atoms with Crippen LogP contribution < -0.4 is 0 Å². The number of benzene rings is 1. The lowest BCUT2D eigenvalue weighted by Crippen LogP contribution is -2.47. The Hall–Kier alpha value is -3.58. The van der Waals surface area contributed by atoms with Crippen LogP contribution in [0.5, 0.6) is 0 Å². The summed E-state index contributed by atoms with van der Waals surface area (Å²) >= 11 is 0. The first-order valence-corrected chi connectivity index (χ1v) is 13.1. The van der Waals surface area contributed by atoms with Crippen molar-refractivity contribution in [1.29, 1.82) is 0 Å². The first-order valence-electron chi connectivity index (χ1n) is 13.1. The molecule has 1 saturated heterocycles. The lowest BCUT2D eigenvalue weighted by atomic mass is 9.73. The number of aliphatic hydroxyl groups is 1. The number of carboxylic acid groups (broad SMARTS) is 3. The molecule has 0 bridgehead atoms. The van der Waals surface area contributed by atoms with Crippen molar-refractivity contribution in [2.45, 2.75) is 70.5 Å². The average molecular weight is 569 g/mol. The molecule has 0 saturated carbocycles. The zero-order valence-corrected chi connectivity index (χ0v) is 22.7. The van der Waals surface area contributed by atoms with E-state index in [1.54, 1.807) is 6.07 Å². The fraction of sp³-hybridized carbons (Fsp3) is 0.593. The number of likely N-dealkylation sites (tertiary alicyclic amines) is 1. The zero-order chi connectivity index (χ0) is 29.9. The molecule has 0 aromatic heterocycles. The maximum absolute atomic E-state index is 13.5. The molecule has 12 nitrogen and oxygen atoms in total. The van der Waals surface area contributed by atoms with Gasteiger partial charge in [-0.1, -0.05) is 24.2 Å². The predicted octanol–water partition coefficient (Wildman–Crippen LogP) is 2.52. The van der Waals surface area contributed by atoms with Gasteiger partial charge in [0, 0.05) is 18.4 Å². The smallest absolute Gasteiger partial charge is 0.336 e. The van der Waals surface area contributed by atoms with Crippen LogP contribution in [0.2, 0.25) is 0 Å². The van der Waals surface area contributed by atoms with Gasteiger partial charge in [0.2, 0.25) is 0 Å². The van der Waals surface area contributed by atoms with Crippen molar-refractivity contribution < 1.29 is 53.6 Å². The van der Waals surface area contributed by atoms with Crippen molar-refractivity contribution in [1.82, 2.24) is 4.90 Å². The second-order valence-corrected chi connectivity index (χ2v) is 10.0. The SMILES string of the molecule is CCCN1CCC(CC2CC(c3cccc(F)c3)=NO2)(C(=O)OCC)CC1.O=C(O)CC(O)(CC(=O)O)C(=O)O. The third kappa shape index (κ3) is 9.26. The number of halogens is 1. The molecule has 0 radical (unpaired) electrons. The summed E-state index contributed by atoms with van der Waals surface area (Å²) in [5.41, 5.74) is -1.78. The highest BCUT2D eigenvalue weighted by atomic mass is 19.1. The molecule has 1 fully saturated rings. The number of carbonyl (C=O) groups excluding carboxylic acids is 1. The van der Waals surface area contributed by atoms with Crippen molar-refractivity contribution in [2.24, 2.45) is 10.6 Å². The summed E-state index contributed by atoms with van der Waals surface area (Å²) in [6.45, 7) is 7.26. The second kappa shape index (κ2) is 14.7. The fourth-order valence-electron chi connectivity index (χ4n) is 4.82. The monoisotopic (exact) mass is 568 g/mol. The summed E-state index contributed by atoms with van der Waals surface area (Å²) in [7, 11) is 0. The molecule has 2 aliphatic heterocycles. The Balaban J connectivity index is 0.000000366. The van der Waals surface area contributed by atoms with Crippen LogP contribution in [-0.2, 0) is 28.8 Å². The van der Waals surface area contributed by atoms with Crippen LogP contribution in [-0.4, -0.2) is 92.9 Å². The number of carbonyl (C=O) groups is 4. The fourth-order valence-corrected chi connectivity index (χ4v) is 4.82. The molecule has 13 heteroatoms. The minimum Gasteiger partial charge on any atom is -0.481 e. The maximum atomic E-state index is 13.5. The first kappa shape index (κ1) is 32.6. The quantitative estimate of drug-likeness (QED) is 0.272. The van der Waals surface area contributed by atoms with Crippen LogP contribution >= 0.6 is 0 Å². The number of hydrogen-bond acceptors (Lipinski definition) is 9. The van der Waals surface area contributed by atoms with Gasteiger partial charge in [0.05, 0.1) is 30.6 Å². The molecule has 222 valence electrons. The van der Waals surface area contributed by atoms with E-state index >= 15 is 0 Å². The van der Waals surface area contributed by atoms with Crippen LogP contribution in [0, 0.1) is 11.2 Å². The molecule has 1 aromatic rings. The summed E-state index contributed by atoms with van der Waals surface area (Å²) < 4.78 is 18.9. The Bertz CT molecular complexity index is 1070.